The van der Waals surface area contributed by atoms with Crippen molar-refractivity contribution in [3.63, 3.8) is 0 Å². The molecule has 0 spiro atoms. The summed E-state index contributed by atoms with van der Waals surface area (Å²) in [5, 5.41) is 3.37. The molecule has 0 bridgehead atoms. The fourth-order valence-corrected chi connectivity index (χ4v) is 3.96. The Bertz CT molecular complexity index is 920. The van der Waals surface area contributed by atoms with Crippen LogP contribution in [0.2, 0.25) is 10.0 Å². The predicted octanol–water partition coefficient (Wildman–Crippen LogP) is 3.32. The van der Waals surface area contributed by atoms with Crippen molar-refractivity contribution in [1.82, 2.24) is 4.72 Å². The lowest BCUT2D eigenvalue weighted by Crippen LogP contribution is -2.35. The monoisotopic (exact) mass is 446 g/mol. The van der Waals surface area contributed by atoms with E-state index in [0.717, 1.165) is 0 Å². The van der Waals surface area contributed by atoms with Gasteiger partial charge in [-0.1, -0.05) is 23.2 Å². The van der Waals surface area contributed by atoms with Gasteiger partial charge in [0.15, 0.2) is 6.61 Å². The van der Waals surface area contributed by atoms with Gasteiger partial charge in [-0.05, 0) is 49.4 Å². The standard InChI is InChI=1S/C18H20Cl2N2O5S/c1-12(10-26-2)22-28(24,25)15-6-4-14(5-7-15)21-18(23)11-27-17-8-3-13(19)9-16(17)20/h3-9,12,22H,10-11H2,1-2H3,(H,21,23). The zero-order chi connectivity index (χ0) is 20.7. The Morgan fingerprint density at radius 3 is 2.43 bits per heavy atom. The first-order valence-corrected chi connectivity index (χ1v) is 10.4. The fourth-order valence-electron chi connectivity index (χ4n) is 2.27. The van der Waals surface area contributed by atoms with Crippen LogP contribution in [0.15, 0.2) is 47.4 Å². The smallest absolute Gasteiger partial charge is 0.262 e. The lowest BCUT2D eigenvalue weighted by atomic mass is 10.3. The molecule has 0 aliphatic heterocycles. The molecular weight excluding hydrogens is 427 g/mol. The van der Waals surface area contributed by atoms with Crippen molar-refractivity contribution in [2.24, 2.45) is 0 Å². The molecule has 1 unspecified atom stereocenters. The molecule has 0 heterocycles. The lowest BCUT2D eigenvalue weighted by molar-refractivity contribution is -0.118. The van der Waals surface area contributed by atoms with E-state index in [9.17, 15) is 13.2 Å². The highest BCUT2D eigenvalue weighted by Crippen LogP contribution is 2.27. The Morgan fingerprint density at radius 2 is 1.82 bits per heavy atom. The summed E-state index contributed by atoms with van der Waals surface area (Å²) in [5.74, 6) is -0.0904. The van der Waals surface area contributed by atoms with Crippen molar-refractivity contribution < 1.29 is 22.7 Å². The molecule has 28 heavy (non-hydrogen) atoms. The summed E-state index contributed by atoms with van der Waals surface area (Å²) >= 11 is 11.8. The third-order valence-electron chi connectivity index (χ3n) is 3.47. The van der Waals surface area contributed by atoms with Crippen LogP contribution in [-0.4, -0.2) is 40.7 Å². The molecule has 1 atom stereocenters. The second-order valence-electron chi connectivity index (χ2n) is 5.91. The van der Waals surface area contributed by atoms with Crippen LogP contribution < -0.4 is 14.8 Å². The molecule has 0 saturated heterocycles. The first kappa shape index (κ1) is 22.4. The van der Waals surface area contributed by atoms with Gasteiger partial charge in [0.25, 0.3) is 5.91 Å². The first-order valence-electron chi connectivity index (χ1n) is 8.20. The minimum atomic E-state index is -3.67. The molecule has 0 aliphatic carbocycles. The lowest BCUT2D eigenvalue weighted by Gasteiger charge is -2.13. The summed E-state index contributed by atoms with van der Waals surface area (Å²) in [6, 6.07) is 10.1. The number of hydrogen-bond acceptors (Lipinski definition) is 5. The summed E-state index contributed by atoms with van der Waals surface area (Å²) in [7, 11) is -2.18. The molecule has 152 valence electrons. The van der Waals surface area contributed by atoms with E-state index in [-0.39, 0.29) is 24.2 Å². The molecule has 2 rings (SSSR count). The number of amides is 1. The van der Waals surface area contributed by atoms with Gasteiger partial charge in [-0.25, -0.2) is 13.1 Å². The van der Waals surface area contributed by atoms with Crippen molar-refractivity contribution in [2.75, 3.05) is 25.6 Å². The summed E-state index contributed by atoms with van der Waals surface area (Å²) in [4.78, 5) is 12.1. The second kappa shape index (κ2) is 10.1. The van der Waals surface area contributed by atoms with Gasteiger partial charge >= 0.3 is 0 Å². The summed E-state index contributed by atoms with van der Waals surface area (Å²) in [6.07, 6.45) is 0. The third kappa shape index (κ3) is 6.65. The number of carbonyl (C=O) groups excluding carboxylic acids is 1. The molecular formula is C18H20Cl2N2O5S. The van der Waals surface area contributed by atoms with E-state index in [0.29, 0.717) is 21.5 Å². The number of benzene rings is 2. The highest BCUT2D eigenvalue weighted by atomic mass is 35.5. The Labute approximate surface area is 174 Å². The molecule has 0 saturated carbocycles. The van der Waals surface area contributed by atoms with Gasteiger partial charge < -0.3 is 14.8 Å². The van der Waals surface area contributed by atoms with E-state index >= 15 is 0 Å². The van der Waals surface area contributed by atoms with Crippen LogP contribution in [-0.2, 0) is 19.6 Å². The molecule has 2 N–H and O–H groups in total. The highest BCUT2D eigenvalue weighted by molar-refractivity contribution is 7.89. The minimum absolute atomic E-state index is 0.0812. The van der Waals surface area contributed by atoms with E-state index in [1.54, 1.807) is 19.1 Å². The molecule has 2 aromatic rings. The highest BCUT2D eigenvalue weighted by Gasteiger charge is 2.17. The van der Waals surface area contributed by atoms with Crippen molar-refractivity contribution in [3.05, 3.63) is 52.5 Å². The number of carbonyl (C=O) groups is 1. The van der Waals surface area contributed by atoms with Crippen molar-refractivity contribution >= 4 is 44.8 Å². The van der Waals surface area contributed by atoms with Crippen LogP contribution in [0.1, 0.15) is 6.92 Å². The normalized spacial score (nSPS) is 12.4. The molecule has 0 aromatic heterocycles. The second-order valence-corrected chi connectivity index (χ2v) is 8.47. The van der Waals surface area contributed by atoms with Gasteiger partial charge in [-0.3, -0.25) is 4.79 Å². The molecule has 2 aromatic carbocycles. The minimum Gasteiger partial charge on any atom is -0.482 e. The number of rotatable bonds is 9. The Balaban J connectivity index is 1.93. The summed E-state index contributed by atoms with van der Waals surface area (Å²) < 4.78 is 37.3. The van der Waals surface area contributed by atoms with Crippen molar-refractivity contribution in [1.29, 1.82) is 0 Å². The SMILES string of the molecule is COCC(C)NS(=O)(=O)c1ccc(NC(=O)COc2ccc(Cl)cc2Cl)cc1. The predicted molar refractivity (Wildman–Crippen MR) is 109 cm³/mol. The zero-order valence-electron chi connectivity index (χ0n) is 15.2. The third-order valence-corrected chi connectivity index (χ3v) is 5.61. The van der Waals surface area contributed by atoms with Crippen LogP contribution in [0.5, 0.6) is 5.75 Å². The number of ether oxygens (including phenoxy) is 2. The van der Waals surface area contributed by atoms with E-state index in [1.807, 2.05) is 0 Å². The maximum atomic E-state index is 12.3. The largest absolute Gasteiger partial charge is 0.482 e. The van der Waals surface area contributed by atoms with Crippen molar-refractivity contribution in [2.45, 2.75) is 17.9 Å². The van der Waals surface area contributed by atoms with E-state index in [4.69, 9.17) is 32.7 Å². The number of halogens is 2. The molecule has 0 fully saturated rings. The maximum absolute atomic E-state index is 12.3. The van der Waals surface area contributed by atoms with Crippen LogP contribution in [0.25, 0.3) is 0 Å². The van der Waals surface area contributed by atoms with E-state index in [2.05, 4.69) is 10.0 Å². The quantitative estimate of drug-likeness (QED) is 0.615. The molecule has 10 heteroatoms. The average Bonchev–Trinajstić information content (AvgIpc) is 2.61. The Morgan fingerprint density at radius 1 is 1.14 bits per heavy atom. The number of sulfonamides is 1. The summed E-state index contributed by atoms with van der Waals surface area (Å²) in [5.41, 5.74) is 0.430. The Kier molecular flexibility index (Phi) is 8.09. The van der Waals surface area contributed by atoms with Crippen LogP contribution in [0, 0.1) is 0 Å². The van der Waals surface area contributed by atoms with E-state index < -0.39 is 15.9 Å². The number of nitrogens with one attached hydrogen (secondary N) is 2. The number of methoxy groups -OCH3 is 1. The van der Waals surface area contributed by atoms with Crippen LogP contribution >= 0.6 is 23.2 Å². The maximum Gasteiger partial charge on any atom is 0.262 e. The fraction of sp³-hybridized carbons (Fsp3) is 0.278. The number of hydrogen-bond donors (Lipinski definition) is 2. The molecule has 7 nitrogen and oxygen atoms in total. The van der Waals surface area contributed by atoms with Crippen LogP contribution in [0.3, 0.4) is 0 Å². The van der Waals surface area contributed by atoms with E-state index in [1.165, 1.54) is 37.4 Å². The van der Waals surface area contributed by atoms with Gasteiger partial charge in [-0.15, -0.1) is 0 Å². The van der Waals surface area contributed by atoms with Crippen LogP contribution in [0.4, 0.5) is 5.69 Å². The zero-order valence-corrected chi connectivity index (χ0v) is 17.6. The topological polar surface area (TPSA) is 93.7 Å². The Hall–Kier alpha value is -1.84. The van der Waals surface area contributed by atoms with Gasteiger partial charge in [0, 0.05) is 23.9 Å². The average molecular weight is 447 g/mol. The molecule has 1 amide bonds. The molecule has 0 radical (unpaired) electrons. The van der Waals surface area contributed by atoms with Gasteiger partial charge in [0.05, 0.1) is 16.5 Å². The van der Waals surface area contributed by atoms with Crippen molar-refractivity contribution in [3.8, 4) is 5.75 Å². The van der Waals surface area contributed by atoms with Gasteiger partial charge in [0.2, 0.25) is 10.0 Å². The summed E-state index contributed by atoms with van der Waals surface area (Å²) in [6.45, 7) is 1.69. The number of anilines is 1. The first-order chi connectivity index (χ1) is 13.2. The molecule has 0 aliphatic rings. The van der Waals surface area contributed by atoms with Gasteiger partial charge in [-0.2, -0.15) is 0 Å². The van der Waals surface area contributed by atoms with Gasteiger partial charge in [0.1, 0.15) is 5.75 Å².